The van der Waals surface area contributed by atoms with Crippen LogP contribution >= 0.6 is 0 Å². The molecule has 20 heavy (non-hydrogen) atoms. The summed E-state index contributed by atoms with van der Waals surface area (Å²) < 4.78 is 32.5. The zero-order valence-electron chi connectivity index (χ0n) is 11.4. The number of hydrogen-bond donors (Lipinski definition) is 2. The molecule has 1 aromatic heterocycles. The first-order valence-electron chi connectivity index (χ1n) is 6.28. The van der Waals surface area contributed by atoms with Gasteiger partial charge in [-0.2, -0.15) is 0 Å². The molecule has 108 valence electrons. The van der Waals surface area contributed by atoms with Crippen LogP contribution in [0.1, 0.15) is 24.0 Å². The predicted molar refractivity (Wildman–Crippen MR) is 76.0 cm³/mol. The molecule has 1 aromatic carbocycles. The third-order valence-electron chi connectivity index (χ3n) is 3.01. The molecule has 5 nitrogen and oxygen atoms in total. The lowest BCUT2D eigenvalue weighted by molar-refractivity contribution is 0.245. The highest BCUT2D eigenvalue weighted by molar-refractivity contribution is 7.92. The van der Waals surface area contributed by atoms with Gasteiger partial charge in [-0.15, -0.1) is 0 Å². The van der Waals surface area contributed by atoms with Gasteiger partial charge in [-0.25, -0.2) is 8.42 Å². The summed E-state index contributed by atoms with van der Waals surface area (Å²) in [6, 6.07) is 8.58. The van der Waals surface area contributed by atoms with Gasteiger partial charge in [-0.3, -0.25) is 4.72 Å². The molecule has 0 saturated heterocycles. The molecule has 1 heterocycles. The maximum absolute atomic E-state index is 12.4. The van der Waals surface area contributed by atoms with E-state index >= 15 is 0 Å². The largest absolute Gasteiger partial charge is 0.462 e. The van der Waals surface area contributed by atoms with E-state index in [1.807, 2.05) is 19.1 Å². The van der Waals surface area contributed by atoms with Gasteiger partial charge in [0.15, 0.2) is 0 Å². The van der Waals surface area contributed by atoms with Gasteiger partial charge in [-0.1, -0.05) is 25.1 Å². The van der Waals surface area contributed by atoms with E-state index in [1.165, 1.54) is 6.07 Å². The number of para-hydroxylation sites is 1. The molecule has 0 atom stereocenters. The van der Waals surface area contributed by atoms with Gasteiger partial charge in [0, 0.05) is 6.07 Å². The van der Waals surface area contributed by atoms with Crippen molar-refractivity contribution in [2.24, 2.45) is 0 Å². The van der Waals surface area contributed by atoms with Crippen molar-refractivity contribution < 1.29 is 17.9 Å². The number of aliphatic hydroxyl groups is 1. The summed E-state index contributed by atoms with van der Waals surface area (Å²) in [5, 5.41) is 9.00. The van der Waals surface area contributed by atoms with Crippen molar-refractivity contribution >= 4 is 15.7 Å². The first-order chi connectivity index (χ1) is 9.47. The summed E-state index contributed by atoms with van der Waals surface area (Å²) >= 11 is 0. The predicted octanol–water partition coefficient (Wildman–Crippen LogP) is 2.44. The molecule has 0 saturated carbocycles. The minimum Gasteiger partial charge on any atom is -0.462 e. The lowest BCUT2D eigenvalue weighted by Gasteiger charge is -2.10. The number of rotatable bonds is 5. The maximum Gasteiger partial charge on any atom is 0.265 e. The molecule has 2 aromatic rings. The highest BCUT2D eigenvalue weighted by atomic mass is 32.2. The van der Waals surface area contributed by atoms with Crippen molar-refractivity contribution in [2.45, 2.75) is 31.8 Å². The Bertz CT molecular complexity index is 704. The van der Waals surface area contributed by atoms with Crippen LogP contribution in [0, 0.1) is 6.92 Å². The summed E-state index contributed by atoms with van der Waals surface area (Å²) in [6.45, 7) is 3.18. The number of benzene rings is 1. The van der Waals surface area contributed by atoms with Crippen LogP contribution < -0.4 is 4.72 Å². The van der Waals surface area contributed by atoms with Crippen molar-refractivity contribution in [1.29, 1.82) is 0 Å². The minimum absolute atomic E-state index is 0.0486. The smallest absolute Gasteiger partial charge is 0.265 e. The van der Waals surface area contributed by atoms with Gasteiger partial charge in [0.25, 0.3) is 10.0 Å². The Labute approximate surface area is 118 Å². The molecule has 0 unspecified atom stereocenters. The molecule has 0 aliphatic heterocycles. The van der Waals surface area contributed by atoms with E-state index in [4.69, 9.17) is 9.52 Å². The Morgan fingerprint density at radius 2 is 2.00 bits per heavy atom. The molecule has 0 aliphatic carbocycles. The maximum atomic E-state index is 12.4. The number of hydrogen-bond acceptors (Lipinski definition) is 4. The number of aliphatic hydroxyl groups excluding tert-OH is 1. The molecular formula is C14H17NO4S. The molecule has 0 spiro atoms. The molecule has 0 amide bonds. The summed E-state index contributed by atoms with van der Waals surface area (Å²) in [5.41, 5.74) is 1.47. The van der Waals surface area contributed by atoms with Gasteiger partial charge in [0.1, 0.15) is 23.0 Å². The Kier molecular flexibility index (Phi) is 4.15. The summed E-state index contributed by atoms with van der Waals surface area (Å²) in [6.07, 6.45) is 0.727. The van der Waals surface area contributed by atoms with E-state index < -0.39 is 10.0 Å². The van der Waals surface area contributed by atoms with Gasteiger partial charge >= 0.3 is 0 Å². The standard InChI is InChI=1S/C14H17NO4S/c1-3-11-6-4-5-7-13(11)15-20(17,18)14-8-12(9-16)19-10(14)2/h4-8,15-16H,3,9H2,1-2H3. The van der Waals surface area contributed by atoms with Gasteiger partial charge in [0.05, 0.1) is 5.69 Å². The Morgan fingerprint density at radius 1 is 1.30 bits per heavy atom. The number of sulfonamides is 1. The van der Waals surface area contributed by atoms with E-state index in [-0.39, 0.29) is 23.0 Å². The van der Waals surface area contributed by atoms with E-state index in [9.17, 15) is 8.42 Å². The van der Waals surface area contributed by atoms with Crippen molar-refractivity contribution in [2.75, 3.05) is 4.72 Å². The lowest BCUT2D eigenvalue weighted by atomic mass is 10.1. The second-order valence-electron chi connectivity index (χ2n) is 4.41. The van der Waals surface area contributed by atoms with E-state index in [0.717, 1.165) is 12.0 Å². The zero-order chi connectivity index (χ0) is 14.8. The normalized spacial score (nSPS) is 11.6. The van der Waals surface area contributed by atoms with Crippen LogP contribution in [0.2, 0.25) is 0 Å². The lowest BCUT2D eigenvalue weighted by Crippen LogP contribution is -2.14. The van der Waals surface area contributed by atoms with Gasteiger partial charge in [0.2, 0.25) is 0 Å². The van der Waals surface area contributed by atoms with Crippen LogP contribution in [-0.2, 0) is 23.1 Å². The SMILES string of the molecule is CCc1ccccc1NS(=O)(=O)c1cc(CO)oc1C. The second-order valence-corrected chi connectivity index (χ2v) is 6.06. The minimum atomic E-state index is -3.72. The second kappa shape index (κ2) is 5.68. The average molecular weight is 295 g/mol. The first-order valence-corrected chi connectivity index (χ1v) is 7.77. The fraction of sp³-hybridized carbons (Fsp3) is 0.286. The molecule has 0 bridgehead atoms. The Morgan fingerprint density at radius 3 is 2.60 bits per heavy atom. The third-order valence-corrected chi connectivity index (χ3v) is 4.48. The third kappa shape index (κ3) is 2.86. The molecular weight excluding hydrogens is 278 g/mol. The van der Waals surface area contributed by atoms with Gasteiger partial charge in [-0.05, 0) is 25.0 Å². The molecule has 0 fully saturated rings. The van der Waals surface area contributed by atoms with Crippen LogP contribution in [0.15, 0.2) is 39.6 Å². The molecule has 2 rings (SSSR count). The van der Waals surface area contributed by atoms with E-state index in [2.05, 4.69) is 4.72 Å². The first kappa shape index (κ1) is 14.6. The quantitative estimate of drug-likeness (QED) is 0.888. The topological polar surface area (TPSA) is 79.5 Å². The Hall–Kier alpha value is -1.79. The zero-order valence-corrected chi connectivity index (χ0v) is 12.2. The monoisotopic (exact) mass is 295 g/mol. The number of nitrogens with one attached hydrogen (secondary N) is 1. The van der Waals surface area contributed by atoms with Crippen molar-refractivity contribution in [3.05, 3.63) is 47.4 Å². The average Bonchev–Trinajstić information content (AvgIpc) is 2.81. The van der Waals surface area contributed by atoms with E-state index in [1.54, 1.807) is 19.1 Å². The van der Waals surface area contributed by atoms with Crippen LogP contribution in [0.4, 0.5) is 5.69 Å². The Balaban J connectivity index is 2.38. The van der Waals surface area contributed by atoms with E-state index in [0.29, 0.717) is 5.69 Å². The molecule has 0 radical (unpaired) electrons. The fourth-order valence-corrected chi connectivity index (χ4v) is 3.30. The highest BCUT2D eigenvalue weighted by Crippen LogP contribution is 2.24. The van der Waals surface area contributed by atoms with Crippen molar-refractivity contribution in [1.82, 2.24) is 0 Å². The van der Waals surface area contributed by atoms with Crippen molar-refractivity contribution in [3.8, 4) is 0 Å². The molecule has 6 heteroatoms. The van der Waals surface area contributed by atoms with Crippen LogP contribution in [0.25, 0.3) is 0 Å². The number of anilines is 1. The van der Waals surface area contributed by atoms with Crippen LogP contribution in [0.5, 0.6) is 0 Å². The molecule has 0 aliphatic rings. The fourth-order valence-electron chi connectivity index (χ4n) is 2.00. The van der Waals surface area contributed by atoms with Crippen molar-refractivity contribution in [3.63, 3.8) is 0 Å². The molecule has 2 N–H and O–H groups in total. The summed E-state index contributed by atoms with van der Waals surface area (Å²) in [7, 11) is -3.72. The number of aryl methyl sites for hydroxylation is 2. The summed E-state index contributed by atoms with van der Waals surface area (Å²) in [5.74, 6) is 0.488. The highest BCUT2D eigenvalue weighted by Gasteiger charge is 2.22. The van der Waals surface area contributed by atoms with Crippen LogP contribution in [0.3, 0.4) is 0 Å². The number of furan rings is 1. The summed E-state index contributed by atoms with van der Waals surface area (Å²) in [4.78, 5) is 0.0486. The van der Waals surface area contributed by atoms with Crippen LogP contribution in [-0.4, -0.2) is 13.5 Å². The van der Waals surface area contributed by atoms with Gasteiger partial charge < -0.3 is 9.52 Å².